The molecule has 0 fully saturated rings. The predicted molar refractivity (Wildman–Crippen MR) is 73.3 cm³/mol. The van der Waals surface area contributed by atoms with Gasteiger partial charge in [-0.05, 0) is 31.0 Å². The largest absolute Gasteiger partial charge is 0.384 e. The lowest BCUT2D eigenvalue weighted by Gasteiger charge is -2.10. The lowest BCUT2D eigenvalue weighted by atomic mass is 10.1. The van der Waals surface area contributed by atoms with Crippen molar-refractivity contribution in [1.29, 1.82) is 0 Å². The first kappa shape index (κ1) is 11.9. The zero-order valence-electron chi connectivity index (χ0n) is 10.2. The zero-order valence-corrected chi connectivity index (χ0v) is 10.2. The van der Waals surface area contributed by atoms with E-state index in [1.165, 1.54) is 10.9 Å². The van der Waals surface area contributed by atoms with E-state index in [-0.39, 0.29) is 0 Å². The molecule has 0 unspecified atom stereocenters. The van der Waals surface area contributed by atoms with Gasteiger partial charge in [-0.2, -0.15) is 0 Å². The van der Waals surface area contributed by atoms with Gasteiger partial charge in [0.1, 0.15) is 0 Å². The lowest BCUT2D eigenvalue weighted by Crippen LogP contribution is -2.08. The van der Waals surface area contributed by atoms with E-state index >= 15 is 0 Å². The van der Waals surface area contributed by atoms with E-state index in [1.54, 1.807) is 0 Å². The Bertz CT molecular complexity index is 494. The molecule has 3 N–H and O–H groups in total. The molecule has 2 aromatic rings. The van der Waals surface area contributed by atoms with Crippen molar-refractivity contribution in [2.24, 2.45) is 5.73 Å². The molecule has 1 aromatic carbocycles. The van der Waals surface area contributed by atoms with Crippen molar-refractivity contribution in [3.8, 4) is 0 Å². The van der Waals surface area contributed by atoms with Crippen LogP contribution >= 0.6 is 0 Å². The van der Waals surface area contributed by atoms with Crippen LogP contribution < -0.4 is 11.1 Å². The smallest absolute Gasteiger partial charge is 0.0754 e. The summed E-state index contributed by atoms with van der Waals surface area (Å²) in [6, 6.07) is 8.38. The summed E-state index contributed by atoms with van der Waals surface area (Å²) < 4.78 is 0. The Morgan fingerprint density at radius 3 is 2.94 bits per heavy atom. The highest BCUT2D eigenvalue weighted by Gasteiger charge is 2.04. The van der Waals surface area contributed by atoms with Crippen LogP contribution in [0.3, 0.4) is 0 Å². The molecule has 0 atom stereocenters. The SMILES string of the molecule is CCc1cccc2c(NCCCN)ccnc12. The monoisotopic (exact) mass is 229 g/mol. The van der Waals surface area contributed by atoms with Crippen LogP contribution in [-0.4, -0.2) is 18.1 Å². The molecule has 1 heterocycles. The van der Waals surface area contributed by atoms with Crippen LogP contribution in [0.4, 0.5) is 5.69 Å². The number of benzene rings is 1. The van der Waals surface area contributed by atoms with E-state index in [9.17, 15) is 0 Å². The van der Waals surface area contributed by atoms with Gasteiger partial charge in [-0.15, -0.1) is 0 Å². The van der Waals surface area contributed by atoms with Crippen LogP contribution in [-0.2, 0) is 6.42 Å². The minimum Gasteiger partial charge on any atom is -0.384 e. The Hall–Kier alpha value is -1.61. The maximum absolute atomic E-state index is 5.50. The molecule has 17 heavy (non-hydrogen) atoms. The number of nitrogens with zero attached hydrogens (tertiary/aromatic N) is 1. The fraction of sp³-hybridized carbons (Fsp3) is 0.357. The average Bonchev–Trinajstić information content (AvgIpc) is 2.38. The molecule has 0 saturated heterocycles. The van der Waals surface area contributed by atoms with Crippen LogP contribution in [0.15, 0.2) is 30.5 Å². The molecule has 0 spiro atoms. The summed E-state index contributed by atoms with van der Waals surface area (Å²) in [6.45, 7) is 3.78. The highest BCUT2D eigenvalue weighted by Crippen LogP contribution is 2.24. The second kappa shape index (κ2) is 5.64. The number of hydrogen-bond acceptors (Lipinski definition) is 3. The maximum Gasteiger partial charge on any atom is 0.0754 e. The van der Waals surface area contributed by atoms with Gasteiger partial charge in [-0.1, -0.05) is 25.1 Å². The number of para-hydroxylation sites is 1. The molecule has 0 radical (unpaired) electrons. The summed E-state index contributed by atoms with van der Waals surface area (Å²) in [4.78, 5) is 4.48. The van der Waals surface area contributed by atoms with Gasteiger partial charge in [-0.3, -0.25) is 4.98 Å². The second-order valence-corrected chi connectivity index (χ2v) is 4.09. The van der Waals surface area contributed by atoms with Gasteiger partial charge in [-0.25, -0.2) is 0 Å². The van der Waals surface area contributed by atoms with Crippen molar-refractivity contribution in [2.75, 3.05) is 18.4 Å². The van der Waals surface area contributed by atoms with E-state index in [2.05, 4.69) is 35.4 Å². The van der Waals surface area contributed by atoms with Crippen molar-refractivity contribution in [3.05, 3.63) is 36.0 Å². The quantitative estimate of drug-likeness (QED) is 0.775. The van der Waals surface area contributed by atoms with E-state index in [0.29, 0.717) is 0 Å². The zero-order chi connectivity index (χ0) is 12.1. The highest BCUT2D eigenvalue weighted by molar-refractivity contribution is 5.92. The minimum atomic E-state index is 0.718. The number of rotatable bonds is 5. The molecule has 1 aromatic heterocycles. The fourth-order valence-corrected chi connectivity index (χ4v) is 2.00. The van der Waals surface area contributed by atoms with Crippen LogP contribution in [0.25, 0.3) is 10.9 Å². The maximum atomic E-state index is 5.50. The number of hydrogen-bond donors (Lipinski definition) is 2. The molecule has 0 aliphatic carbocycles. The molecule has 90 valence electrons. The van der Waals surface area contributed by atoms with Crippen molar-refractivity contribution >= 4 is 16.6 Å². The van der Waals surface area contributed by atoms with E-state index in [4.69, 9.17) is 5.73 Å². The van der Waals surface area contributed by atoms with E-state index in [1.807, 2.05) is 12.3 Å². The molecule has 0 saturated carbocycles. The van der Waals surface area contributed by atoms with E-state index in [0.717, 1.165) is 37.1 Å². The van der Waals surface area contributed by atoms with Crippen molar-refractivity contribution < 1.29 is 0 Å². The van der Waals surface area contributed by atoms with Gasteiger partial charge in [0.2, 0.25) is 0 Å². The van der Waals surface area contributed by atoms with Crippen molar-refractivity contribution in [3.63, 3.8) is 0 Å². The van der Waals surface area contributed by atoms with Crippen LogP contribution in [0.2, 0.25) is 0 Å². The number of aromatic nitrogens is 1. The Kier molecular flexibility index (Phi) is 3.94. The molecule has 0 aliphatic rings. The highest BCUT2D eigenvalue weighted by atomic mass is 14.9. The van der Waals surface area contributed by atoms with Gasteiger partial charge in [0, 0.05) is 23.8 Å². The number of nitrogens with two attached hydrogens (primary N) is 1. The summed E-state index contributed by atoms with van der Waals surface area (Å²) in [7, 11) is 0. The Balaban J connectivity index is 2.36. The van der Waals surface area contributed by atoms with Gasteiger partial charge in [0.05, 0.1) is 5.52 Å². The number of pyridine rings is 1. The topological polar surface area (TPSA) is 50.9 Å². The van der Waals surface area contributed by atoms with Gasteiger partial charge in [0.15, 0.2) is 0 Å². The fourth-order valence-electron chi connectivity index (χ4n) is 2.00. The molecular weight excluding hydrogens is 210 g/mol. The summed E-state index contributed by atoms with van der Waals surface area (Å²) in [5.74, 6) is 0. The lowest BCUT2D eigenvalue weighted by molar-refractivity contribution is 0.875. The third kappa shape index (κ3) is 2.56. The molecule has 0 aliphatic heterocycles. The molecule has 3 nitrogen and oxygen atoms in total. The van der Waals surface area contributed by atoms with Gasteiger partial charge >= 0.3 is 0 Å². The second-order valence-electron chi connectivity index (χ2n) is 4.09. The molecule has 3 heteroatoms. The van der Waals surface area contributed by atoms with Crippen LogP contribution in [0.5, 0.6) is 0 Å². The first-order valence-electron chi connectivity index (χ1n) is 6.17. The van der Waals surface area contributed by atoms with Crippen molar-refractivity contribution in [1.82, 2.24) is 4.98 Å². The summed E-state index contributed by atoms with van der Waals surface area (Å²) in [5.41, 5.74) is 9.05. The molecule has 2 rings (SSSR count). The predicted octanol–water partition coefficient (Wildman–Crippen LogP) is 2.56. The third-order valence-electron chi connectivity index (χ3n) is 2.93. The van der Waals surface area contributed by atoms with Crippen LogP contribution in [0.1, 0.15) is 18.9 Å². The first-order valence-corrected chi connectivity index (χ1v) is 6.17. The van der Waals surface area contributed by atoms with Gasteiger partial charge in [0.25, 0.3) is 0 Å². The summed E-state index contributed by atoms with van der Waals surface area (Å²) in [6.07, 6.45) is 3.86. The normalized spacial score (nSPS) is 10.7. The number of anilines is 1. The van der Waals surface area contributed by atoms with Gasteiger partial charge < -0.3 is 11.1 Å². The molecule has 0 bridgehead atoms. The first-order chi connectivity index (χ1) is 8.36. The Labute approximate surface area is 102 Å². The average molecular weight is 229 g/mol. The number of aryl methyl sites for hydroxylation is 1. The molecule has 0 amide bonds. The van der Waals surface area contributed by atoms with Crippen LogP contribution in [0, 0.1) is 0 Å². The minimum absolute atomic E-state index is 0.718. The Morgan fingerprint density at radius 1 is 1.29 bits per heavy atom. The number of fused-ring (bicyclic) bond motifs is 1. The van der Waals surface area contributed by atoms with E-state index < -0.39 is 0 Å². The molecular formula is C14H19N3. The Morgan fingerprint density at radius 2 is 2.18 bits per heavy atom. The summed E-state index contributed by atoms with van der Waals surface area (Å²) >= 11 is 0. The summed E-state index contributed by atoms with van der Waals surface area (Å²) in [5, 5.41) is 4.62. The number of nitrogens with one attached hydrogen (secondary N) is 1. The standard InChI is InChI=1S/C14H19N3/c1-2-11-5-3-6-12-13(16-9-4-8-15)7-10-17-14(11)12/h3,5-7,10H,2,4,8-9,15H2,1H3,(H,16,17). The van der Waals surface area contributed by atoms with Crippen molar-refractivity contribution in [2.45, 2.75) is 19.8 Å². The third-order valence-corrected chi connectivity index (χ3v) is 2.93.